The van der Waals surface area contributed by atoms with Crippen molar-refractivity contribution < 1.29 is 18.4 Å². The van der Waals surface area contributed by atoms with Crippen LogP contribution in [0.2, 0.25) is 5.02 Å². The summed E-state index contributed by atoms with van der Waals surface area (Å²) in [5.74, 6) is -0.170. The Hall–Kier alpha value is -3.34. The molecular formula is C22H12ClFN2O3S. The number of thioether (sulfide) groups is 1. The number of halogens is 2. The van der Waals surface area contributed by atoms with Crippen molar-refractivity contribution in [3.63, 3.8) is 0 Å². The second-order valence-corrected chi connectivity index (χ2v) is 7.76. The summed E-state index contributed by atoms with van der Waals surface area (Å²) in [6, 6.07) is 16.5. The third-order valence-corrected chi connectivity index (χ3v) is 5.71. The van der Waals surface area contributed by atoms with Gasteiger partial charge < -0.3 is 4.42 Å². The first-order chi connectivity index (χ1) is 14.5. The van der Waals surface area contributed by atoms with E-state index in [1.165, 1.54) is 24.3 Å². The average molecular weight is 439 g/mol. The number of imide groups is 1. The normalized spacial score (nSPS) is 15.1. The minimum atomic E-state index is -0.580. The van der Waals surface area contributed by atoms with Crippen molar-refractivity contribution in [3.8, 4) is 17.4 Å². The fourth-order valence-corrected chi connectivity index (χ4v) is 3.94. The molecule has 2 amide bonds. The maximum atomic E-state index is 14.0. The second kappa shape index (κ2) is 8.19. The molecule has 0 radical (unpaired) electrons. The summed E-state index contributed by atoms with van der Waals surface area (Å²) in [7, 11) is 0. The third-order valence-electron chi connectivity index (χ3n) is 4.45. The quantitative estimate of drug-likeness (QED) is 0.478. The van der Waals surface area contributed by atoms with Gasteiger partial charge >= 0.3 is 0 Å². The number of hydrogen-bond acceptors (Lipinski definition) is 5. The third kappa shape index (κ3) is 3.88. The molecule has 2 heterocycles. The lowest BCUT2D eigenvalue weighted by atomic mass is 10.1. The molecule has 0 saturated carbocycles. The first kappa shape index (κ1) is 20.0. The molecule has 1 fully saturated rings. The molecule has 0 atom stereocenters. The molecular weight excluding hydrogens is 427 g/mol. The zero-order chi connectivity index (χ0) is 21.3. The molecule has 4 rings (SSSR count). The molecule has 1 aliphatic heterocycles. The summed E-state index contributed by atoms with van der Waals surface area (Å²) >= 11 is 6.76. The molecule has 0 aliphatic carbocycles. The topological polar surface area (TPSA) is 74.3 Å². The van der Waals surface area contributed by atoms with Gasteiger partial charge in [0.05, 0.1) is 23.1 Å². The molecule has 8 heteroatoms. The van der Waals surface area contributed by atoms with Crippen LogP contribution in [0.3, 0.4) is 0 Å². The lowest BCUT2D eigenvalue weighted by molar-refractivity contribution is -0.123. The number of furan rings is 1. The number of benzene rings is 2. The van der Waals surface area contributed by atoms with Gasteiger partial charge in [0.15, 0.2) is 0 Å². The van der Waals surface area contributed by atoms with Gasteiger partial charge in [0.1, 0.15) is 17.3 Å². The van der Waals surface area contributed by atoms with Gasteiger partial charge in [0.2, 0.25) is 0 Å². The largest absolute Gasteiger partial charge is 0.457 e. The lowest BCUT2D eigenvalue weighted by Crippen LogP contribution is -2.28. The van der Waals surface area contributed by atoms with Crippen LogP contribution in [0, 0.1) is 17.1 Å². The Balaban J connectivity index is 1.55. The fourth-order valence-electron chi connectivity index (χ4n) is 2.90. The molecule has 2 aromatic carbocycles. The van der Waals surface area contributed by atoms with Crippen LogP contribution in [0.25, 0.3) is 17.4 Å². The molecule has 3 aromatic rings. The second-order valence-electron chi connectivity index (χ2n) is 6.36. The highest BCUT2D eigenvalue weighted by Crippen LogP contribution is 2.35. The van der Waals surface area contributed by atoms with Gasteiger partial charge in [0, 0.05) is 22.2 Å². The molecule has 1 aromatic heterocycles. The number of nitriles is 1. The maximum Gasteiger partial charge on any atom is 0.293 e. The predicted molar refractivity (Wildman–Crippen MR) is 112 cm³/mol. The Bertz CT molecular complexity index is 1210. The Morgan fingerprint density at radius 1 is 1.13 bits per heavy atom. The van der Waals surface area contributed by atoms with Gasteiger partial charge in [-0.05, 0) is 60.3 Å². The van der Waals surface area contributed by atoms with Gasteiger partial charge in [-0.3, -0.25) is 14.5 Å². The Morgan fingerprint density at radius 2 is 1.90 bits per heavy atom. The van der Waals surface area contributed by atoms with Crippen LogP contribution in [-0.2, 0) is 11.3 Å². The van der Waals surface area contributed by atoms with Crippen LogP contribution in [0.5, 0.6) is 0 Å². The summed E-state index contributed by atoms with van der Waals surface area (Å²) in [5.41, 5.74) is 1.40. The summed E-state index contributed by atoms with van der Waals surface area (Å²) in [6.07, 6.45) is 1.47. The SMILES string of the molecule is N#Cc1ccc(-c2ccc(/C=C3\SC(=O)N(Cc4c(F)cccc4Cl)C3=O)o2)cc1. The Kier molecular flexibility index (Phi) is 5.44. The number of carbonyl (C=O) groups excluding carboxylic acids is 2. The highest BCUT2D eigenvalue weighted by molar-refractivity contribution is 8.18. The summed E-state index contributed by atoms with van der Waals surface area (Å²) in [4.78, 5) is 26.1. The van der Waals surface area contributed by atoms with E-state index in [1.807, 2.05) is 6.07 Å². The van der Waals surface area contributed by atoms with Crippen LogP contribution in [0.4, 0.5) is 9.18 Å². The molecule has 0 N–H and O–H groups in total. The summed E-state index contributed by atoms with van der Waals surface area (Å²) in [5, 5.41) is 8.52. The van der Waals surface area contributed by atoms with E-state index in [1.54, 1.807) is 36.4 Å². The minimum Gasteiger partial charge on any atom is -0.457 e. The molecule has 0 unspecified atom stereocenters. The molecule has 30 heavy (non-hydrogen) atoms. The van der Waals surface area contributed by atoms with E-state index in [4.69, 9.17) is 21.3 Å². The van der Waals surface area contributed by atoms with Gasteiger partial charge in [-0.15, -0.1) is 0 Å². The van der Waals surface area contributed by atoms with Crippen molar-refractivity contribution in [2.75, 3.05) is 0 Å². The van der Waals surface area contributed by atoms with Crippen molar-refractivity contribution in [3.05, 3.63) is 87.2 Å². The standard InChI is InChI=1S/C22H12ClFN2O3S/c23-17-2-1-3-18(24)16(17)12-26-21(27)20(30-22(26)28)10-15-8-9-19(29-15)14-6-4-13(11-25)5-7-14/h1-10H,12H2/b20-10-. The van der Waals surface area contributed by atoms with Crippen LogP contribution in [0.1, 0.15) is 16.9 Å². The van der Waals surface area contributed by atoms with E-state index in [-0.39, 0.29) is 22.0 Å². The van der Waals surface area contributed by atoms with Gasteiger partial charge in [-0.25, -0.2) is 4.39 Å². The van der Waals surface area contributed by atoms with Crippen LogP contribution < -0.4 is 0 Å². The first-order valence-electron chi connectivity index (χ1n) is 8.75. The van der Waals surface area contributed by atoms with Crippen molar-refractivity contribution in [1.82, 2.24) is 4.90 Å². The van der Waals surface area contributed by atoms with Gasteiger partial charge in [0.25, 0.3) is 11.1 Å². The van der Waals surface area contributed by atoms with E-state index >= 15 is 0 Å². The van der Waals surface area contributed by atoms with Crippen molar-refractivity contribution in [2.24, 2.45) is 0 Å². The van der Waals surface area contributed by atoms with E-state index in [0.717, 1.165) is 22.2 Å². The van der Waals surface area contributed by atoms with Crippen molar-refractivity contribution in [1.29, 1.82) is 5.26 Å². The van der Waals surface area contributed by atoms with E-state index in [9.17, 15) is 14.0 Å². The average Bonchev–Trinajstić information content (AvgIpc) is 3.30. The highest BCUT2D eigenvalue weighted by atomic mass is 35.5. The summed E-state index contributed by atoms with van der Waals surface area (Å²) < 4.78 is 19.8. The van der Waals surface area contributed by atoms with Crippen molar-refractivity contribution in [2.45, 2.75) is 6.54 Å². The predicted octanol–water partition coefficient (Wildman–Crippen LogP) is 5.85. The van der Waals surface area contributed by atoms with Crippen LogP contribution >= 0.6 is 23.4 Å². The number of rotatable bonds is 4. The zero-order valence-electron chi connectivity index (χ0n) is 15.3. The Morgan fingerprint density at radius 3 is 2.60 bits per heavy atom. The minimum absolute atomic E-state index is 0.0869. The fraction of sp³-hybridized carbons (Fsp3) is 0.0455. The van der Waals surface area contributed by atoms with Crippen LogP contribution in [0.15, 0.2) is 63.9 Å². The molecule has 0 bridgehead atoms. The van der Waals surface area contributed by atoms with E-state index in [2.05, 4.69) is 0 Å². The smallest absolute Gasteiger partial charge is 0.293 e. The Labute approximate surface area is 180 Å². The molecule has 1 aliphatic rings. The number of amides is 2. The highest BCUT2D eigenvalue weighted by Gasteiger charge is 2.36. The molecule has 1 saturated heterocycles. The molecule has 148 valence electrons. The van der Waals surface area contributed by atoms with Crippen molar-refractivity contribution >= 4 is 40.6 Å². The van der Waals surface area contributed by atoms with Gasteiger partial charge in [-0.2, -0.15) is 5.26 Å². The van der Waals surface area contributed by atoms with Crippen LogP contribution in [-0.4, -0.2) is 16.0 Å². The first-order valence-corrected chi connectivity index (χ1v) is 9.94. The summed E-state index contributed by atoms with van der Waals surface area (Å²) in [6.45, 7) is -0.248. The van der Waals surface area contributed by atoms with Gasteiger partial charge in [-0.1, -0.05) is 17.7 Å². The zero-order valence-corrected chi connectivity index (χ0v) is 16.8. The molecule has 5 nitrogen and oxygen atoms in total. The number of carbonyl (C=O) groups is 2. The van der Waals surface area contributed by atoms with E-state index < -0.39 is 17.0 Å². The monoisotopic (exact) mass is 438 g/mol. The number of nitrogens with zero attached hydrogens (tertiary/aromatic N) is 2. The van der Waals surface area contributed by atoms with E-state index in [0.29, 0.717) is 17.1 Å². The molecule has 0 spiro atoms. The number of hydrogen-bond donors (Lipinski definition) is 0. The maximum absolute atomic E-state index is 14.0. The lowest BCUT2D eigenvalue weighted by Gasteiger charge is -2.14.